The summed E-state index contributed by atoms with van der Waals surface area (Å²) in [6.07, 6.45) is 1.45. The van der Waals surface area contributed by atoms with Crippen molar-refractivity contribution in [1.29, 1.82) is 0 Å². The van der Waals surface area contributed by atoms with Crippen LogP contribution in [0.5, 0.6) is 0 Å². The first-order chi connectivity index (χ1) is 9.73. The molecule has 0 aliphatic carbocycles. The maximum atomic E-state index is 11.3. The van der Waals surface area contributed by atoms with Gasteiger partial charge >= 0.3 is 5.97 Å². The van der Waals surface area contributed by atoms with Gasteiger partial charge in [0.2, 0.25) is 0 Å². The molecule has 0 radical (unpaired) electrons. The highest BCUT2D eigenvalue weighted by atomic mass is 16.4. The van der Waals surface area contributed by atoms with Crippen LogP contribution in [0.4, 0.5) is 5.82 Å². The maximum Gasteiger partial charge on any atom is 0.337 e. The lowest BCUT2D eigenvalue weighted by molar-refractivity contribution is 0.0698. The molecule has 112 valence electrons. The number of hydrogen-bond donors (Lipinski definition) is 1. The lowest BCUT2D eigenvalue weighted by Crippen LogP contribution is -2.40. The highest BCUT2D eigenvalue weighted by Gasteiger charge is 2.26. The topological polar surface area (TPSA) is 53.4 Å². The number of pyridine rings is 1. The molecule has 0 fully saturated rings. The molecule has 1 N–H and O–H groups in total. The van der Waals surface area contributed by atoms with E-state index in [9.17, 15) is 9.90 Å². The minimum absolute atomic E-state index is 0.100. The van der Waals surface area contributed by atoms with Crippen molar-refractivity contribution in [2.75, 3.05) is 11.9 Å². The van der Waals surface area contributed by atoms with E-state index in [0.29, 0.717) is 0 Å². The van der Waals surface area contributed by atoms with Crippen LogP contribution < -0.4 is 4.90 Å². The van der Waals surface area contributed by atoms with Gasteiger partial charge in [-0.2, -0.15) is 0 Å². The van der Waals surface area contributed by atoms with Crippen LogP contribution in [-0.4, -0.2) is 29.1 Å². The Hall–Kier alpha value is -2.10. The van der Waals surface area contributed by atoms with Gasteiger partial charge in [-0.15, -0.1) is 0 Å². The molecule has 0 saturated heterocycles. The van der Waals surface area contributed by atoms with Gasteiger partial charge in [-0.1, -0.05) is 45.0 Å². The zero-order valence-electron chi connectivity index (χ0n) is 13.2. The number of aromatic nitrogens is 1. The van der Waals surface area contributed by atoms with E-state index in [1.54, 1.807) is 0 Å². The molecule has 0 bridgehead atoms. The van der Waals surface area contributed by atoms with E-state index in [-0.39, 0.29) is 17.0 Å². The van der Waals surface area contributed by atoms with Gasteiger partial charge in [0.15, 0.2) is 0 Å². The van der Waals surface area contributed by atoms with Crippen LogP contribution in [0, 0.1) is 5.41 Å². The van der Waals surface area contributed by atoms with Crippen LogP contribution in [0.15, 0.2) is 30.5 Å². The maximum absolute atomic E-state index is 11.3. The molecule has 2 rings (SSSR count). The number of rotatable bonds is 3. The Morgan fingerprint density at radius 1 is 1.24 bits per heavy atom. The second kappa shape index (κ2) is 5.35. The monoisotopic (exact) mass is 286 g/mol. The van der Waals surface area contributed by atoms with Gasteiger partial charge in [-0.3, -0.25) is 0 Å². The van der Waals surface area contributed by atoms with Crippen LogP contribution in [0.3, 0.4) is 0 Å². The van der Waals surface area contributed by atoms with E-state index >= 15 is 0 Å². The van der Waals surface area contributed by atoms with Gasteiger partial charge in [0.1, 0.15) is 5.82 Å². The number of carboxylic acids is 1. The van der Waals surface area contributed by atoms with Gasteiger partial charge in [0, 0.05) is 30.1 Å². The first-order valence-electron chi connectivity index (χ1n) is 7.07. The van der Waals surface area contributed by atoms with Crippen LogP contribution in [0.2, 0.25) is 0 Å². The van der Waals surface area contributed by atoms with Crippen molar-refractivity contribution in [2.45, 2.75) is 33.7 Å². The molecule has 1 aromatic carbocycles. The molecule has 1 atom stereocenters. The molecule has 1 aromatic heterocycles. The molecule has 4 nitrogen and oxygen atoms in total. The minimum atomic E-state index is -0.947. The van der Waals surface area contributed by atoms with Gasteiger partial charge < -0.3 is 10.0 Å². The normalized spacial score (nSPS) is 13.2. The van der Waals surface area contributed by atoms with Crippen molar-refractivity contribution < 1.29 is 9.90 Å². The number of fused-ring (bicyclic) bond motifs is 1. The van der Waals surface area contributed by atoms with Crippen molar-refractivity contribution in [3.63, 3.8) is 0 Å². The summed E-state index contributed by atoms with van der Waals surface area (Å²) in [6.45, 7) is 8.70. The van der Waals surface area contributed by atoms with Gasteiger partial charge in [0.05, 0.1) is 5.56 Å². The van der Waals surface area contributed by atoms with Gasteiger partial charge in [-0.25, -0.2) is 9.78 Å². The average molecular weight is 286 g/mol. The number of anilines is 1. The minimum Gasteiger partial charge on any atom is -0.478 e. The largest absolute Gasteiger partial charge is 0.478 e. The summed E-state index contributed by atoms with van der Waals surface area (Å²) >= 11 is 0. The van der Waals surface area contributed by atoms with Crippen LogP contribution in [0.25, 0.3) is 10.8 Å². The third-order valence-electron chi connectivity index (χ3n) is 4.17. The highest BCUT2D eigenvalue weighted by Crippen LogP contribution is 2.31. The Kier molecular flexibility index (Phi) is 3.90. The Balaban J connectivity index is 2.61. The molecule has 0 aliphatic rings. The predicted molar refractivity (Wildman–Crippen MR) is 86.0 cm³/mol. The summed E-state index contributed by atoms with van der Waals surface area (Å²) in [5.41, 5.74) is 0.342. The summed E-state index contributed by atoms with van der Waals surface area (Å²) in [6, 6.07) is 7.79. The third-order valence-corrected chi connectivity index (χ3v) is 4.17. The van der Waals surface area contributed by atoms with Crippen LogP contribution in [-0.2, 0) is 0 Å². The Morgan fingerprint density at radius 2 is 1.81 bits per heavy atom. The Morgan fingerprint density at radius 3 is 2.33 bits per heavy atom. The van der Waals surface area contributed by atoms with Crippen molar-refractivity contribution in [3.05, 3.63) is 36.0 Å². The fourth-order valence-corrected chi connectivity index (χ4v) is 2.39. The first kappa shape index (κ1) is 15.3. The second-order valence-corrected chi connectivity index (χ2v) is 6.50. The molecule has 0 amide bonds. The summed E-state index contributed by atoms with van der Waals surface area (Å²) in [5, 5.41) is 10.9. The molecule has 0 aliphatic heterocycles. The van der Waals surface area contributed by atoms with Gasteiger partial charge in [0.25, 0.3) is 0 Å². The standard InChI is InChI=1S/C17H22N2O2/c1-11(17(2,3)4)19(5)15-13-9-7-6-8-12(13)14(10-18-15)16(20)21/h6-11H,1-5H3,(H,20,21). The lowest BCUT2D eigenvalue weighted by Gasteiger charge is -2.36. The first-order valence-corrected chi connectivity index (χ1v) is 7.07. The number of nitrogens with zero attached hydrogens (tertiary/aromatic N) is 2. The predicted octanol–water partition coefficient (Wildman–Crippen LogP) is 3.80. The third kappa shape index (κ3) is 2.84. The quantitative estimate of drug-likeness (QED) is 0.932. The van der Waals surface area contributed by atoms with E-state index in [0.717, 1.165) is 16.6 Å². The average Bonchev–Trinajstić information content (AvgIpc) is 2.43. The molecule has 0 saturated carbocycles. The molecule has 21 heavy (non-hydrogen) atoms. The highest BCUT2D eigenvalue weighted by molar-refractivity contribution is 6.06. The second-order valence-electron chi connectivity index (χ2n) is 6.50. The van der Waals surface area contributed by atoms with E-state index in [2.05, 4.69) is 37.6 Å². The Bertz CT molecular complexity index is 674. The molecule has 2 aromatic rings. The van der Waals surface area contributed by atoms with E-state index in [4.69, 9.17) is 0 Å². The van der Waals surface area contributed by atoms with Crippen molar-refractivity contribution in [3.8, 4) is 0 Å². The summed E-state index contributed by atoms with van der Waals surface area (Å²) in [4.78, 5) is 17.9. The summed E-state index contributed by atoms with van der Waals surface area (Å²) in [5.74, 6) is -0.130. The molecule has 4 heteroatoms. The molecule has 0 spiro atoms. The number of aromatic carboxylic acids is 1. The molecule has 1 unspecified atom stereocenters. The fourth-order valence-electron chi connectivity index (χ4n) is 2.39. The van der Waals surface area contributed by atoms with Gasteiger partial charge in [-0.05, 0) is 12.3 Å². The summed E-state index contributed by atoms with van der Waals surface area (Å²) < 4.78 is 0. The van der Waals surface area contributed by atoms with Crippen molar-refractivity contribution >= 4 is 22.6 Å². The molecule has 1 heterocycles. The number of carbonyl (C=O) groups is 1. The van der Waals surface area contributed by atoms with E-state index in [1.165, 1.54) is 6.20 Å². The van der Waals surface area contributed by atoms with E-state index < -0.39 is 5.97 Å². The SMILES string of the molecule is CC(N(C)c1ncc(C(=O)O)c2ccccc12)C(C)(C)C. The number of hydrogen-bond acceptors (Lipinski definition) is 3. The smallest absolute Gasteiger partial charge is 0.337 e. The van der Waals surface area contributed by atoms with Crippen LogP contribution in [0.1, 0.15) is 38.1 Å². The van der Waals surface area contributed by atoms with E-state index in [1.807, 2.05) is 31.3 Å². The summed E-state index contributed by atoms with van der Waals surface area (Å²) in [7, 11) is 2.01. The fraction of sp³-hybridized carbons (Fsp3) is 0.412. The number of carboxylic acid groups (broad SMARTS) is 1. The zero-order chi connectivity index (χ0) is 15.8. The van der Waals surface area contributed by atoms with Crippen molar-refractivity contribution in [1.82, 2.24) is 4.98 Å². The van der Waals surface area contributed by atoms with Crippen molar-refractivity contribution in [2.24, 2.45) is 5.41 Å². The zero-order valence-corrected chi connectivity index (χ0v) is 13.2. The lowest BCUT2D eigenvalue weighted by atomic mass is 9.87. The van der Waals surface area contributed by atoms with Crippen LogP contribution >= 0.6 is 0 Å². The molecular formula is C17H22N2O2. The molecular weight excluding hydrogens is 264 g/mol. The Labute approximate surface area is 125 Å². The number of benzene rings is 1.